The zero-order chi connectivity index (χ0) is 13.4. The van der Waals surface area contributed by atoms with Crippen molar-refractivity contribution in [3.05, 3.63) is 34.7 Å². The molecule has 0 bridgehead atoms. The normalized spacial score (nSPS) is 19.1. The Kier molecular flexibility index (Phi) is 3.02. The van der Waals surface area contributed by atoms with E-state index in [1.54, 1.807) is 24.1 Å². The van der Waals surface area contributed by atoms with Crippen molar-refractivity contribution >= 4 is 17.5 Å². The molecule has 3 heterocycles. The molecule has 2 aromatic heterocycles. The number of hydrogen-bond donors (Lipinski definition) is 1. The molecule has 6 nitrogen and oxygen atoms in total. The van der Waals surface area contributed by atoms with Gasteiger partial charge < -0.3 is 14.4 Å². The molecule has 1 unspecified atom stereocenters. The molecule has 1 amide bonds. The minimum atomic E-state index is -0.118. The summed E-state index contributed by atoms with van der Waals surface area (Å²) in [6.07, 6.45) is 3.37. The van der Waals surface area contributed by atoms with Crippen LogP contribution < -0.4 is 0 Å². The number of aromatic nitrogens is 3. The molecular weight excluding hydrogens is 268 g/mol. The highest BCUT2D eigenvalue weighted by Crippen LogP contribution is 2.31. The van der Waals surface area contributed by atoms with Crippen molar-refractivity contribution in [1.82, 2.24) is 20.0 Å². The summed E-state index contributed by atoms with van der Waals surface area (Å²) >= 11 is 5.83. The Labute approximate surface area is 114 Å². The highest BCUT2D eigenvalue weighted by molar-refractivity contribution is 6.30. The van der Waals surface area contributed by atoms with Crippen LogP contribution in [0.2, 0.25) is 5.02 Å². The highest BCUT2D eigenvalue weighted by atomic mass is 35.5. The van der Waals surface area contributed by atoms with Crippen molar-refractivity contribution in [2.24, 2.45) is 0 Å². The SMILES string of the molecule is Cc1nc(C2CCCN2C(=O)c2cc(Cl)c[nH]2)no1. The van der Waals surface area contributed by atoms with E-state index in [1.807, 2.05) is 0 Å². The summed E-state index contributed by atoms with van der Waals surface area (Å²) in [7, 11) is 0. The van der Waals surface area contributed by atoms with E-state index < -0.39 is 0 Å². The average molecular weight is 281 g/mol. The Hall–Kier alpha value is -1.82. The van der Waals surface area contributed by atoms with Gasteiger partial charge in [-0.3, -0.25) is 4.79 Å². The molecule has 1 fully saturated rings. The molecule has 1 aliphatic rings. The molecule has 0 aliphatic carbocycles. The molecule has 0 saturated carbocycles. The number of carbonyl (C=O) groups excluding carboxylic acids is 1. The number of likely N-dealkylation sites (tertiary alicyclic amines) is 1. The van der Waals surface area contributed by atoms with E-state index in [0.717, 1.165) is 12.8 Å². The molecule has 2 aromatic rings. The van der Waals surface area contributed by atoms with Crippen molar-refractivity contribution in [1.29, 1.82) is 0 Å². The average Bonchev–Trinajstić information content (AvgIpc) is 3.07. The molecule has 3 rings (SSSR count). The topological polar surface area (TPSA) is 75.0 Å². The van der Waals surface area contributed by atoms with Crippen LogP contribution in [0.1, 0.15) is 41.1 Å². The lowest BCUT2D eigenvalue weighted by Gasteiger charge is -2.21. The van der Waals surface area contributed by atoms with Crippen LogP contribution in [0.5, 0.6) is 0 Å². The van der Waals surface area contributed by atoms with Crippen molar-refractivity contribution in [3.63, 3.8) is 0 Å². The third-order valence-electron chi connectivity index (χ3n) is 3.23. The van der Waals surface area contributed by atoms with E-state index >= 15 is 0 Å². The number of nitrogens with zero attached hydrogens (tertiary/aromatic N) is 3. The van der Waals surface area contributed by atoms with Crippen molar-refractivity contribution in [2.45, 2.75) is 25.8 Å². The summed E-state index contributed by atoms with van der Waals surface area (Å²) in [6.45, 7) is 2.43. The van der Waals surface area contributed by atoms with Crippen LogP contribution in [0.4, 0.5) is 0 Å². The number of H-pyrrole nitrogens is 1. The number of hydrogen-bond acceptors (Lipinski definition) is 4. The van der Waals surface area contributed by atoms with Crippen LogP contribution in [-0.4, -0.2) is 32.5 Å². The van der Waals surface area contributed by atoms with Crippen LogP contribution in [0.3, 0.4) is 0 Å². The van der Waals surface area contributed by atoms with Gasteiger partial charge in [-0.2, -0.15) is 4.98 Å². The second kappa shape index (κ2) is 4.70. The van der Waals surface area contributed by atoms with E-state index in [0.29, 0.717) is 29.0 Å². The largest absolute Gasteiger partial charge is 0.356 e. The number of carbonyl (C=O) groups is 1. The fourth-order valence-corrected chi connectivity index (χ4v) is 2.54. The first-order valence-corrected chi connectivity index (χ1v) is 6.48. The third-order valence-corrected chi connectivity index (χ3v) is 3.45. The quantitative estimate of drug-likeness (QED) is 0.916. The summed E-state index contributed by atoms with van der Waals surface area (Å²) < 4.78 is 4.99. The first-order chi connectivity index (χ1) is 9.15. The van der Waals surface area contributed by atoms with Gasteiger partial charge in [-0.1, -0.05) is 16.8 Å². The van der Waals surface area contributed by atoms with Gasteiger partial charge >= 0.3 is 0 Å². The number of amides is 1. The fourth-order valence-electron chi connectivity index (χ4n) is 2.37. The third kappa shape index (κ3) is 2.23. The first-order valence-electron chi connectivity index (χ1n) is 6.10. The number of nitrogens with one attached hydrogen (secondary N) is 1. The summed E-state index contributed by atoms with van der Waals surface area (Å²) in [6, 6.07) is 1.51. The van der Waals surface area contributed by atoms with E-state index in [4.69, 9.17) is 16.1 Å². The van der Waals surface area contributed by atoms with Gasteiger partial charge in [0, 0.05) is 19.7 Å². The zero-order valence-electron chi connectivity index (χ0n) is 10.4. The van der Waals surface area contributed by atoms with E-state index in [1.165, 1.54) is 0 Å². The molecular formula is C12H13ClN4O2. The Morgan fingerprint density at radius 3 is 3.11 bits per heavy atom. The van der Waals surface area contributed by atoms with Gasteiger partial charge in [-0.15, -0.1) is 0 Å². The predicted octanol–water partition coefficient (Wildman–Crippen LogP) is 2.34. The molecule has 19 heavy (non-hydrogen) atoms. The van der Waals surface area contributed by atoms with Crippen LogP contribution in [0, 0.1) is 6.92 Å². The maximum Gasteiger partial charge on any atom is 0.270 e. The fraction of sp³-hybridized carbons (Fsp3) is 0.417. The molecule has 100 valence electrons. The molecule has 7 heteroatoms. The second-order valence-corrected chi connectivity index (χ2v) is 5.00. The van der Waals surface area contributed by atoms with Crippen LogP contribution in [0.15, 0.2) is 16.8 Å². The zero-order valence-corrected chi connectivity index (χ0v) is 11.1. The minimum absolute atomic E-state index is 0.0862. The molecule has 0 spiro atoms. The first kappa shape index (κ1) is 12.2. The second-order valence-electron chi connectivity index (χ2n) is 4.56. The molecule has 1 aliphatic heterocycles. The van der Waals surface area contributed by atoms with Crippen LogP contribution in [0.25, 0.3) is 0 Å². The van der Waals surface area contributed by atoms with E-state index in [9.17, 15) is 4.79 Å². The van der Waals surface area contributed by atoms with E-state index in [-0.39, 0.29) is 11.9 Å². The Morgan fingerprint density at radius 1 is 1.63 bits per heavy atom. The Morgan fingerprint density at radius 2 is 2.47 bits per heavy atom. The summed E-state index contributed by atoms with van der Waals surface area (Å²) in [5.74, 6) is 0.995. The number of rotatable bonds is 2. The lowest BCUT2D eigenvalue weighted by atomic mass is 10.2. The molecule has 1 N–H and O–H groups in total. The highest BCUT2D eigenvalue weighted by Gasteiger charge is 2.34. The number of halogens is 1. The molecule has 0 radical (unpaired) electrons. The number of aryl methyl sites for hydroxylation is 1. The predicted molar refractivity (Wildman–Crippen MR) is 67.8 cm³/mol. The lowest BCUT2D eigenvalue weighted by molar-refractivity contribution is 0.0723. The number of aromatic amines is 1. The van der Waals surface area contributed by atoms with Gasteiger partial charge in [-0.05, 0) is 18.9 Å². The van der Waals surface area contributed by atoms with Gasteiger partial charge in [0.2, 0.25) is 5.89 Å². The monoisotopic (exact) mass is 280 g/mol. The summed E-state index contributed by atoms with van der Waals surface area (Å²) in [4.78, 5) is 21.2. The van der Waals surface area contributed by atoms with Crippen molar-refractivity contribution in [2.75, 3.05) is 6.54 Å². The van der Waals surface area contributed by atoms with Gasteiger partial charge in [0.25, 0.3) is 5.91 Å². The van der Waals surface area contributed by atoms with Crippen molar-refractivity contribution < 1.29 is 9.32 Å². The summed E-state index contributed by atoms with van der Waals surface area (Å²) in [5.41, 5.74) is 0.483. The van der Waals surface area contributed by atoms with Gasteiger partial charge in [0.1, 0.15) is 5.69 Å². The smallest absolute Gasteiger partial charge is 0.270 e. The van der Waals surface area contributed by atoms with E-state index in [2.05, 4.69) is 15.1 Å². The van der Waals surface area contributed by atoms with Gasteiger partial charge in [0.05, 0.1) is 11.1 Å². The molecule has 1 saturated heterocycles. The van der Waals surface area contributed by atoms with Gasteiger partial charge in [-0.25, -0.2) is 0 Å². The van der Waals surface area contributed by atoms with Crippen molar-refractivity contribution in [3.8, 4) is 0 Å². The van der Waals surface area contributed by atoms with Crippen LogP contribution in [-0.2, 0) is 0 Å². The summed E-state index contributed by atoms with van der Waals surface area (Å²) in [5, 5.41) is 4.44. The Balaban J connectivity index is 1.85. The Bertz CT molecular complexity index is 606. The lowest BCUT2D eigenvalue weighted by Crippen LogP contribution is -2.31. The molecule has 0 aromatic carbocycles. The molecule has 1 atom stereocenters. The van der Waals surface area contributed by atoms with Gasteiger partial charge in [0.15, 0.2) is 5.82 Å². The minimum Gasteiger partial charge on any atom is -0.356 e. The maximum atomic E-state index is 12.4. The van der Waals surface area contributed by atoms with Crippen LogP contribution >= 0.6 is 11.6 Å². The maximum absolute atomic E-state index is 12.4. The standard InChI is InChI=1S/C12H13ClN4O2/c1-7-15-11(16-19-7)10-3-2-4-17(10)12(18)9-5-8(13)6-14-9/h5-6,10,14H,2-4H2,1H3.